The molecule has 1 rings (SSSR count). The van der Waals surface area contributed by atoms with Gasteiger partial charge in [0.15, 0.2) is 9.84 Å². The van der Waals surface area contributed by atoms with E-state index >= 15 is 0 Å². The predicted molar refractivity (Wildman–Crippen MR) is 38.4 cm³/mol. The predicted octanol–water partition coefficient (Wildman–Crippen LogP) is -0.341. The second-order valence-corrected chi connectivity index (χ2v) is 5.15. The molecule has 0 aromatic carbocycles. The summed E-state index contributed by atoms with van der Waals surface area (Å²) in [5.41, 5.74) is 0. The van der Waals surface area contributed by atoms with Crippen LogP contribution >= 0.6 is 0 Å². The Kier molecular flexibility index (Phi) is 2.01. The average Bonchev–Trinajstić information content (AvgIpc) is 1.81. The summed E-state index contributed by atoms with van der Waals surface area (Å²) in [6.07, 6.45) is 0. The van der Waals surface area contributed by atoms with Crippen molar-refractivity contribution >= 4 is 9.84 Å². The van der Waals surface area contributed by atoms with Gasteiger partial charge in [-0.3, -0.25) is 0 Å². The van der Waals surface area contributed by atoms with Gasteiger partial charge in [0.2, 0.25) is 0 Å². The van der Waals surface area contributed by atoms with Gasteiger partial charge in [0, 0.05) is 6.61 Å². The molecule has 1 atom stereocenters. The number of hydrogen-bond donors (Lipinski definition) is 1. The topological polar surface area (TPSA) is 54.4 Å². The van der Waals surface area contributed by atoms with E-state index in [0.29, 0.717) is 0 Å². The third-order valence-corrected chi connectivity index (χ3v) is 3.90. The fourth-order valence-electron chi connectivity index (χ4n) is 1.08. The number of hydrogen-bond acceptors (Lipinski definition) is 3. The molecule has 1 heterocycles. The maximum absolute atomic E-state index is 10.6. The number of aliphatic hydroxyl groups is 1. The molecule has 0 aromatic heterocycles. The molecule has 4 heteroatoms. The zero-order chi connectivity index (χ0) is 7.78. The summed E-state index contributed by atoms with van der Waals surface area (Å²) in [5.74, 6) is 0.891. The number of rotatable bonds is 2. The van der Waals surface area contributed by atoms with E-state index in [-0.39, 0.29) is 29.9 Å². The molecule has 1 saturated heterocycles. The first-order chi connectivity index (χ1) is 4.55. The van der Waals surface area contributed by atoms with Gasteiger partial charge in [-0.25, -0.2) is 8.42 Å². The molecule has 0 bridgehead atoms. The van der Waals surface area contributed by atoms with Gasteiger partial charge in [0.05, 0.1) is 11.5 Å². The lowest BCUT2D eigenvalue weighted by molar-refractivity contribution is 0.199. The molecule has 0 radical (unpaired) electrons. The second-order valence-electron chi connectivity index (χ2n) is 3.00. The van der Waals surface area contributed by atoms with Gasteiger partial charge in [-0.1, -0.05) is 6.92 Å². The molecule has 60 valence electrons. The molecule has 1 unspecified atom stereocenters. The van der Waals surface area contributed by atoms with Crippen LogP contribution in [0.2, 0.25) is 0 Å². The minimum atomic E-state index is -2.70. The molecule has 1 aliphatic heterocycles. The minimum Gasteiger partial charge on any atom is -0.396 e. The third-order valence-electron chi connectivity index (χ3n) is 2.03. The largest absolute Gasteiger partial charge is 0.396 e. The molecule has 0 aromatic rings. The van der Waals surface area contributed by atoms with Gasteiger partial charge in [-0.15, -0.1) is 0 Å². The molecule has 1 N–H and O–H groups in total. The van der Waals surface area contributed by atoms with Crippen LogP contribution in [0, 0.1) is 11.8 Å². The minimum absolute atomic E-state index is 0.0974. The van der Waals surface area contributed by atoms with Crippen LogP contribution in [-0.2, 0) is 9.84 Å². The van der Waals surface area contributed by atoms with Crippen LogP contribution in [0.1, 0.15) is 6.92 Å². The third kappa shape index (κ3) is 1.49. The van der Waals surface area contributed by atoms with Crippen molar-refractivity contribution in [2.24, 2.45) is 11.8 Å². The van der Waals surface area contributed by atoms with Crippen molar-refractivity contribution < 1.29 is 13.5 Å². The summed E-state index contributed by atoms with van der Waals surface area (Å²) in [7, 11) is -2.70. The molecular formula is C6H12O3S. The first-order valence-electron chi connectivity index (χ1n) is 3.36. The van der Waals surface area contributed by atoms with Crippen molar-refractivity contribution in [1.82, 2.24) is 0 Å². The van der Waals surface area contributed by atoms with Crippen molar-refractivity contribution in [2.45, 2.75) is 6.92 Å². The summed E-state index contributed by atoms with van der Waals surface area (Å²) >= 11 is 0. The van der Waals surface area contributed by atoms with Crippen LogP contribution < -0.4 is 0 Å². The highest BCUT2D eigenvalue weighted by atomic mass is 32.2. The zero-order valence-electron chi connectivity index (χ0n) is 5.95. The van der Waals surface area contributed by atoms with Crippen molar-refractivity contribution in [1.29, 1.82) is 0 Å². The Balaban J connectivity index is 2.40. The molecule has 0 aliphatic carbocycles. The van der Waals surface area contributed by atoms with Gasteiger partial charge in [0.1, 0.15) is 0 Å². The standard InChI is InChI=1S/C6H12O3S/c1-5(2-7)6-3-10(8,9)4-6/h5-7H,2-4H2,1H3. The molecule has 1 aliphatic rings. The Bertz CT molecular complexity index is 195. The highest BCUT2D eigenvalue weighted by Crippen LogP contribution is 2.25. The quantitative estimate of drug-likeness (QED) is 0.607. The van der Waals surface area contributed by atoms with Gasteiger partial charge in [0.25, 0.3) is 0 Å². The van der Waals surface area contributed by atoms with Crippen LogP contribution in [0.15, 0.2) is 0 Å². The molecule has 10 heavy (non-hydrogen) atoms. The highest BCUT2D eigenvalue weighted by Gasteiger charge is 2.36. The van der Waals surface area contributed by atoms with E-state index in [4.69, 9.17) is 5.11 Å². The van der Waals surface area contributed by atoms with Crippen LogP contribution in [0.5, 0.6) is 0 Å². The first kappa shape index (κ1) is 8.01. The fourth-order valence-corrected chi connectivity index (χ4v) is 2.95. The Hall–Kier alpha value is -0.0900. The van der Waals surface area contributed by atoms with Gasteiger partial charge < -0.3 is 5.11 Å². The van der Waals surface area contributed by atoms with Crippen LogP contribution in [-0.4, -0.2) is 31.6 Å². The Morgan fingerprint density at radius 1 is 1.60 bits per heavy atom. The van der Waals surface area contributed by atoms with E-state index in [1.165, 1.54) is 0 Å². The number of sulfone groups is 1. The lowest BCUT2D eigenvalue weighted by Crippen LogP contribution is -2.41. The fraction of sp³-hybridized carbons (Fsp3) is 1.00. The Labute approximate surface area is 61.0 Å². The van der Waals surface area contributed by atoms with E-state index in [1.807, 2.05) is 6.92 Å². The SMILES string of the molecule is CC(CO)C1CS(=O)(=O)C1. The summed E-state index contributed by atoms with van der Waals surface area (Å²) in [6.45, 7) is 1.97. The lowest BCUT2D eigenvalue weighted by atomic mass is 9.98. The zero-order valence-corrected chi connectivity index (χ0v) is 6.76. The molecule has 0 amide bonds. The Morgan fingerprint density at radius 2 is 2.10 bits per heavy atom. The van der Waals surface area contributed by atoms with Gasteiger partial charge in [-0.2, -0.15) is 0 Å². The molecular weight excluding hydrogens is 152 g/mol. The average molecular weight is 164 g/mol. The monoisotopic (exact) mass is 164 g/mol. The molecule has 0 spiro atoms. The maximum Gasteiger partial charge on any atom is 0.150 e. The smallest absolute Gasteiger partial charge is 0.150 e. The highest BCUT2D eigenvalue weighted by molar-refractivity contribution is 7.92. The van der Waals surface area contributed by atoms with Crippen LogP contribution in [0.4, 0.5) is 0 Å². The summed E-state index contributed by atoms with van der Waals surface area (Å²) in [5, 5.41) is 8.65. The Morgan fingerprint density at radius 3 is 2.40 bits per heavy atom. The van der Waals surface area contributed by atoms with E-state index in [0.717, 1.165) is 0 Å². The number of aliphatic hydroxyl groups excluding tert-OH is 1. The van der Waals surface area contributed by atoms with E-state index in [9.17, 15) is 8.42 Å². The van der Waals surface area contributed by atoms with Crippen LogP contribution in [0.25, 0.3) is 0 Å². The second kappa shape index (κ2) is 2.51. The summed E-state index contributed by atoms with van der Waals surface area (Å²) in [4.78, 5) is 0. The molecule has 1 fully saturated rings. The maximum atomic E-state index is 10.6. The van der Waals surface area contributed by atoms with E-state index in [2.05, 4.69) is 0 Å². The van der Waals surface area contributed by atoms with Gasteiger partial charge in [-0.05, 0) is 11.8 Å². The van der Waals surface area contributed by atoms with Crippen molar-refractivity contribution in [3.63, 3.8) is 0 Å². The van der Waals surface area contributed by atoms with Crippen molar-refractivity contribution in [3.8, 4) is 0 Å². The summed E-state index contributed by atoms with van der Waals surface area (Å²) < 4.78 is 21.3. The van der Waals surface area contributed by atoms with Crippen molar-refractivity contribution in [2.75, 3.05) is 18.1 Å². The van der Waals surface area contributed by atoms with Crippen molar-refractivity contribution in [3.05, 3.63) is 0 Å². The lowest BCUT2D eigenvalue weighted by Gasteiger charge is -2.29. The van der Waals surface area contributed by atoms with E-state index in [1.54, 1.807) is 0 Å². The normalized spacial score (nSPS) is 27.4. The van der Waals surface area contributed by atoms with Gasteiger partial charge >= 0.3 is 0 Å². The molecule has 3 nitrogen and oxygen atoms in total. The summed E-state index contributed by atoms with van der Waals surface area (Å²) in [6, 6.07) is 0. The first-order valence-corrected chi connectivity index (χ1v) is 5.18. The van der Waals surface area contributed by atoms with Crippen LogP contribution in [0.3, 0.4) is 0 Å². The molecule has 0 saturated carbocycles. The van der Waals surface area contributed by atoms with E-state index < -0.39 is 9.84 Å².